The standard InChI is InChI=1S/C20H23N5O3/c1-13-5-4-6-16(9-13)11-25-15(3)19(14(2)23-25)22-18(26)7-8-24-12-17(10-21-24)20(27)28/h4-6,9-10,12H,7-8,11H2,1-3H3,(H,22,26)(H,27,28). The quantitative estimate of drug-likeness (QED) is 0.655. The Labute approximate surface area is 162 Å². The third-order valence-electron chi connectivity index (χ3n) is 4.51. The minimum absolute atomic E-state index is 0.101. The van der Waals surface area contributed by atoms with Gasteiger partial charge in [0, 0.05) is 19.2 Å². The Kier molecular flexibility index (Phi) is 5.58. The number of nitrogens with one attached hydrogen (secondary N) is 1. The second-order valence-corrected chi connectivity index (χ2v) is 6.79. The Bertz CT molecular complexity index is 1020. The van der Waals surface area contributed by atoms with Crippen LogP contribution in [0.4, 0.5) is 5.69 Å². The molecule has 3 rings (SSSR count). The van der Waals surface area contributed by atoms with Gasteiger partial charge in [0.05, 0.1) is 35.4 Å². The fourth-order valence-corrected chi connectivity index (χ4v) is 3.03. The second kappa shape index (κ2) is 8.08. The van der Waals surface area contributed by atoms with Gasteiger partial charge in [0.15, 0.2) is 0 Å². The first-order chi connectivity index (χ1) is 13.3. The third kappa shape index (κ3) is 4.46. The van der Waals surface area contributed by atoms with Crippen molar-refractivity contribution in [2.24, 2.45) is 0 Å². The van der Waals surface area contributed by atoms with E-state index in [1.165, 1.54) is 22.6 Å². The van der Waals surface area contributed by atoms with E-state index in [2.05, 4.69) is 40.6 Å². The Hall–Kier alpha value is -3.42. The lowest BCUT2D eigenvalue weighted by Gasteiger charge is -2.08. The van der Waals surface area contributed by atoms with Gasteiger partial charge in [-0.25, -0.2) is 4.79 Å². The summed E-state index contributed by atoms with van der Waals surface area (Å²) in [4.78, 5) is 23.2. The maximum absolute atomic E-state index is 12.3. The molecule has 0 saturated heterocycles. The monoisotopic (exact) mass is 381 g/mol. The summed E-state index contributed by atoms with van der Waals surface area (Å²) in [5.41, 5.74) is 4.80. The molecule has 0 aliphatic carbocycles. The summed E-state index contributed by atoms with van der Waals surface area (Å²) >= 11 is 0. The van der Waals surface area contributed by atoms with Crippen LogP contribution in [0.2, 0.25) is 0 Å². The molecule has 0 radical (unpaired) electrons. The van der Waals surface area contributed by atoms with Crippen molar-refractivity contribution in [1.82, 2.24) is 19.6 Å². The van der Waals surface area contributed by atoms with Gasteiger partial charge in [0.2, 0.25) is 5.91 Å². The van der Waals surface area contributed by atoms with Gasteiger partial charge in [0.25, 0.3) is 0 Å². The minimum Gasteiger partial charge on any atom is -0.478 e. The molecule has 0 atom stereocenters. The summed E-state index contributed by atoms with van der Waals surface area (Å²) in [6.45, 7) is 6.78. The van der Waals surface area contributed by atoms with Crippen LogP contribution in [0.3, 0.4) is 0 Å². The predicted octanol–water partition coefficient (Wildman–Crippen LogP) is 2.78. The number of carbonyl (C=O) groups excluding carboxylic acids is 1. The molecular weight excluding hydrogens is 358 g/mol. The molecule has 0 bridgehead atoms. The highest BCUT2D eigenvalue weighted by molar-refractivity contribution is 5.91. The molecule has 28 heavy (non-hydrogen) atoms. The lowest BCUT2D eigenvalue weighted by atomic mass is 10.1. The number of benzene rings is 1. The molecule has 0 aliphatic rings. The zero-order chi connectivity index (χ0) is 20.3. The number of hydrogen-bond donors (Lipinski definition) is 2. The number of carboxylic acids is 1. The molecule has 8 nitrogen and oxygen atoms in total. The number of amides is 1. The average Bonchev–Trinajstić information content (AvgIpc) is 3.21. The smallest absolute Gasteiger partial charge is 0.338 e. The number of carbonyl (C=O) groups is 2. The van der Waals surface area contributed by atoms with E-state index in [1.54, 1.807) is 0 Å². The SMILES string of the molecule is Cc1cccc(Cn2nc(C)c(NC(=O)CCn3cc(C(=O)O)cn3)c2C)c1. The molecule has 0 saturated carbocycles. The molecule has 1 aromatic carbocycles. The van der Waals surface area contributed by atoms with Crippen molar-refractivity contribution in [3.8, 4) is 0 Å². The van der Waals surface area contributed by atoms with Gasteiger partial charge >= 0.3 is 5.97 Å². The summed E-state index contributed by atoms with van der Waals surface area (Å²) in [6, 6.07) is 8.24. The van der Waals surface area contributed by atoms with Gasteiger partial charge < -0.3 is 10.4 Å². The van der Waals surface area contributed by atoms with Crippen molar-refractivity contribution in [2.45, 2.75) is 40.3 Å². The lowest BCUT2D eigenvalue weighted by molar-refractivity contribution is -0.116. The average molecular weight is 381 g/mol. The molecular formula is C20H23N5O3. The summed E-state index contributed by atoms with van der Waals surface area (Å²) < 4.78 is 3.33. The summed E-state index contributed by atoms with van der Waals surface area (Å²) in [7, 11) is 0. The topological polar surface area (TPSA) is 102 Å². The van der Waals surface area contributed by atoms with Crippen LogP contribution in [0.5, 0.6) is 0 Å². The Balaban J connectivity index is 1.64. The number of nitrogens with zero attached hydrogens (tertiary/aromatic N) is 4. The van der Waals surface area contributed by atoms with E-state index >= 15 is 0 Å². The zero-order valence-corrected chi connectivity index (χ0v) is 16.1. The summed E-state index contributed by atoms with van der Waals surface area (Å²) in [5.74, 6) is -1.21. The van der Waals surface area contributed by atoms with E-state index < -0.39 is 5.97 Å². The molecule has 2 heterocycles. The first-order valence-electron chi connectivity index (χ1n) is 8.98. The van der Waals surface area contributed by atoms with Crippen LogP contribution in [0.25, 0.3) is 0 Å². The Morgan fingerprint density at radius 1 is 1.21 bits per heavy atom. The molecule has 2 aromatic heterocycles. The maximum atomic E-state index is 12.3. The van der Waals surface area contributed by atoms with Crippen LogP contribution in [0.1, 0.15) is 39.3 Å². The molecule has 1 amide bonds. The van der Waals surface area contributed by atoms with E-state index in [0.29, 0.717) is 18.8 Å². The molecule has 2 N–H and O–H groups in total. The number of carboxylic acid groups (broad SMARTS) is 1. The largest absolute Gasteiger partial charge is 0.478 e. The Morgan fingerprint density at radius 3 is 2.68 bits per heavy atom. The van der Waals surface area contributed by atoms with Crippen molar-refractivity contribution in [3.63, 3.8) is 0 Å². The molecule has 0 spiro atoms. The van der Waals surface area contributed by atoms with E-state index in [9.17, 15) is 9.59 Å². The minimum atomic E-state index is -1.04. The van der Waals surface area contributed by atoms with Gasteiger partial charge in [-0.3, -0.25) is 14.2 Å². The molecule has 8 heteroatoms. The second-order valence-electron chi connectivity index (χ2n) is 6.79. The van der Waals surface area contributed by atoms with Crippen molar-refractivity contribution in [2.75, 3.05) is 5.32 Å². The van der Waals surface area contributed by atoms with E-state index in [1.807, 2.05) is 24.6 Å². The fraction of sp³-hybridized carbons (Fsp3) is 0.300. The number of aromatic carboxylic acids is 1. The molecule has 0 aliphatic heterocycles. The highest BCUT2D eigenvalue weighted by atomic mass is 16.4. The summed E-state index contributed by atoms with van der Waals surface area (Å²) in [6.07, 6.45) is 2.86. The first kappa shape index (κ1) is 19.3. The molecule has 3 aromatic rings. The number of anilines is 1. The van der Waals surface area contributed by atoms with Gasteiger partial charge in [-0.15, -0.1) is 0 Å². The first-order valence-corrected chi connectivity index (χ1v) is 8.98. The lowest BCUT2D eigenvalue weighted by Crippen LogP contribution is -2.16. The number of aromatic nitrogens is 4. The highest BCUT2D eigenvalue weighted by Crippen LogP contribution is 2.21. The van der Waals surface area contributed by atoms with Gasteiger partial charge in [-0.2, -0.15) is 10.2 Å². The van der Waals surface area contributed by atoms with Crippen LogP contribution in [0, 0.1) is 20.8 Å². The van der Waals surface area contributed by atoms with Gasteiger partial charge in [-0.05, 0) is 26.3 Å². The predicted molar refractivity (Wildman–Crippen MR) is 104 cm³/mol. The maximum Gasteiger partial charge on any atom is 0.338 e. The number of aryl methyl sites for hydroxylation is 3. The third-order valence-corrected chi connectivity index (χ3v) is 4.51. The van der Waals surface area contributed by atoms with Crippen LogP contribution in [-0.2, 0) is 17.9 Å². The van der Waals surface area contributed by atoms with E-state index in [-0.39, 0.29) is 17.9 Å². The van der Waals surface area contributed by atoms with Crippen molar-refractivity contribution in [3.05, 3.63) is 64.7 Å². The highest BCUT2D eigenvalue weighted by Gasteiger charge is 2.15. The van der Waals surface area contributed by atoms with E-state index in [4.69, 9.17) is 5.11 Å². The molecule has 146 valence electrons. The van der Waals surface area contributed by atoms with Crippen LogP contribution >= 0.6 is 0 Å². The summed E-state index contributed by atoms with van der Waals surface area (Å²) in [5, 5.41) is 20.3. The zero-order valence-electron chi connectivity index (χ0n) is 16.1. The van der Waals surface area contributed by atoms with Crippen LogP contribution in [-0.4, -0.2) is 36.5 Å². The number of hydrogen-bond acceptors (Lipinski definition) is 4. The van der Waals surface area contributed by atoms with Gasteiger partial charge in [-0.1, -0.05) is 29.8 Å². The molecule has 0 unspecified atom stereocenters. The van der Waals surface area contributed by atoms with Crippen LogP contribution < -0.4 is 5.32 Å². The Morgan fingerprint density at radius 2 is 2.00 bits per heavy atom. The number of rotatable bonds is 7. The van der Waals surface area contributed by atoms with Gasteiger partial charge in [0.1, 0.15) is 0 Å². The molecule has 0 fully saturated rings. The van der Waals surface area contributed by atoms with E-state index in [0.717, 1.165) is 17.0 Å². The van der Waals surface area contributed by atoms with Crippen molar-refractivity contribution in [1.29, 1.82) is 0 Å². The van der Waals surface area contributed by atoms with Crippen LogP contribution in [0.15, 0.2) is 36.7 Å². The fourth-order valence-electron chi connectivity index (χ4n) is 3.03. The van der Waals surface area contributed by atoms with Crippen molar-refractivity contribution >= 4 is 17.6 Å². The van der Waals surface area contributed by atoms with Crippen molar-refractivity contribution < 1.29 is 14.7 Å². The normalized spacial score (nSPS) is 10.8.